The van der Waals surface area contributed by atoms with Crippen molar-refractivity contribution in [3.63, 3.8) is 0 Å². The lowest BCUT2D eigenvalue weighted by atomic mass is 10.1. The summed E-state index contributed by atoms with van der Waals surface area (Å²) in [7, 11) is 1.86. The fraction of sp³-hybridized carbons (Fsp3) is 0.667. The van der Waals surface area contributed by atoms with Crippen molar-refractivity contribution in [2.24, 2.45) is 10.9 Å². The molecule has 0 saturated carbocycles. The molecule has 2 rings (SSSR count). The molecule has 1 saturated heterocycles. The van der Waals surface area contributed by atoms with Crippen molar-refractivity contribution in [1.29, 1.82) is 0 Å². The van der Waals surface area contributed by atoms with Crippen LogP contribution >= 0.6 is 0 Å². The van der Waals surface area contributed by atoms with Crippen molar-refractivity contribution < 1.29 is 4.92 Å². The van der Waals surface area contributed by atoms with Gasteiger partial charge in [-0.2, -0.15) is 0 Å². The molecule has 0 aromatic heterocycles. The largest absolute Gasteiger partial charge is 0.356 e. The van der Waals surface area contributed by atoms with Crippen LogP contribution in [0.1, 0.15) is 38.7 Å². The highest BCUT2D eigenvalue weighted by molar-refractivity contribution is 5.80. The lowest BCUT2D eigenvalue weighted by molar-refractivity contribution is -0.384. The number of rotatable bonds is 10. The molecule has 1 fully saturated rings. The quantitative estimate of drug-likeness (QED) is 0.219. The molecule has 0 amide bonds. The Morgan fingerprint density at radius 1 is 1.29 bits per heavy atom. The molecule has 1 atom stereocenters. The van der Waals surface area contributed by atoms with E-state index in [-0.39, 0.29) is 10.6 Å². The average molecular weight is 390 g/mol. The first-order chi connectivity index (χ1) is 13.6. The van der Waals surface area contributed by atoms with Gasteiger partial charge in [0.2, 0.25) is 0 Å². The number of unbranched alkanes of at least 4 members (excludes halogenated alkanes) is 1. The van der Waals surface area contributed by atoms with Crippen LogP contribution in [0.4, 0.5) is 5.69 Å². The highest BCUT2D eigenvalue weighted by Crippen LogP contribution is 2.18. The van der Waals surface area contributed by atoms with E-state index in [0.29, 0.717) is 0 Å². The molecule has 7 nitrogen and oxygen atoms in total. The third kappa shape index (κ3) is 6.78. The number of nitro benzene ring substituents is 1. The average Bonchev–Trinajstić information content (AvgIpc) is 3.17. The van der Waals surface area contributed by atoms with Gasteiger partial charge in [-0.05, 0) is 50.3 Å². The van der Waals surface area contributed by atoms with Crippen LogP contribution in [0, 0.1) is 16.0 Å². The van der Waals surface area contributed by atoms with Crippen LogP contribution in [0.15, 0.2) is 29.3 Å². The van der Waals surface area contributed by atoms with Crippen LogP contribution in [0.2, 0.25) is 0 Å². The Morgan fingerprint density at radius 2 is 2.00 bits per heavy atom. The zero-order chi connectivity index (χ0) is 20.4. The summed E-state index contributed by atoms with van der Waals surface area (Å²) in [5.41, 5.74) is 1.30. The Kier molecular flexibility index (Phi) is 9.20. The molecule has 1 heterocycles. The summed E-state index contributed by atoms with van der Waals surface area (Å²) in [4.78, 5) is 19.7. The van der Waals surface area contributed by atoms with Gasteiger partial charge in [-0.15, -0.1) is 0 Å². The highest BCUT2D eigenvalue weighted by atomic mass is 16.6. The van der Waals surface area contributed by atoms with Gasteiger partial charge < -0.3 is 15.1 Å². The summed E-state index contributed by atoms with van der Waals surface area (Å²) in [5, 5.41) is 14.2. The predicted octanol–water partition coefficient (Wildman–Crippen LogP) is 3.16. The molecule has 7 heteroatoms. The number of benzene rings is 1. The minimum absolute atomic E-state index is 0.152. The van der Waals surface area contributed by atoms with Gasteiger partial charge in [0.25, 0.3) is 5.69 Å². The number of nitro groups is 1. The van der Waals surface area contributed by atoms with Gasteiger partial charge in [-0.25, -0.2) is 0 Å². The summed E-state index contributed by atoms with van der Waals surface area (Å²) >= 11 is 0. The minimum Gasteiger partial charge on any atom is -0.356 e. The number of hydrogen-bond donors (Lipinski definition) is 1. The van der Waals surface area contributed by atoms with Gasteiger partial charge in [0, 0.05) is 45.4 Å². The van der Waals surface area contributed by atoms with E-state index in [1.165, 1.54) is 13.0 Å². The first-order valence-corrected chi connectivity index (χ1v) is 10.5. The van der Waals surface area contributed by atoms with Crippen molar-refractivity contribution >= 4 is 11.6 Å². The molecule has 1 unspecified atom stereocenters. The number of hydrogen-bond acceptors (Lipinski definition) is 4. The molecule has 1 N–H and O–H groups in total. The molecule has 1 aromatic rings. The first kappa shape index (κ1) is 22.1. The van der Waals surface area contributed by atoms with Crippen LogP contribution in [0.25, 0.3) is 0 Å². The van der Waals surface area contributed by atoms with E-state index < -0.39 is 0 Å². The molecule has 1 aromatic carbocycles. The number of guanidine groups is 1. The van der Waals surface area contributed by atoms with Crippen LogP contribution in [-0.4, -0.2) is 67.0 Å². The van der Waals surface area contributed by atoms with E-state index in [0.717, 1.165) is 69.4 Å². The third-order valence-corrected chi connectivity index (χ3v) is 5.53. The van der Waals surface area contributed by atoms with E-state index in [2.05, 4.69) is 34.0 Å². The van der Waals surface area contributed by atoms with Crippen molar-refractivity contribution in [3.05, 3.63) is 39.9 Å². The Bertz CT molecular complexity index is 628. The Morgan fingerprint density at radius 3 is 2.61 bits per heavy atom. The van der Waals surface area contributed by atoms with Gasteiger partial charge in [0.15, 0.2) is 5.96 Å². The second kappa shape index (κ2) is 11.6. The molecule has 0 aliphatic carbocycles. The maximum absolute atomic E-state index is 10.7. The summed E-state index contributed by atoms with van der Waals surface area (Å²) in [6.45, 7) is 10.9. The summed E-state index contributed by atoms with van der Waals surface area (Å²) < 4.78 is 0. The molecular formula is C21H35N5O2. The normalized spacial score (nSPS) is 17.4. The highest BCUT2D eigenvalue weighted by Gasteiger charge is 2.25. The molecule has 28 heavy (non-hydrogen) atoms. The van der Waals surface area contributed by atoms with Gasteiger partial charge >= 0.3 is 0 Å². The van der Waals surface area contributed by atoms with Crippen LogP contribution in [-0.2, 0) is 6.42 Å². The Labute approximate surface area is 169 Å². The van der Waals surface area contributed by atoms with Crippen LogP contribution < -0.4 is 5.32 Å². The van der Waals surface area contributed by atoms with E-state index in [1.54, 1.807) is 12.1 Å². The van der Waals surface area contributed by atoms with Crippen molar-refractivity contribution in [1.82, 2.24) is 15.1 Å². The molecule has 0 radical (unpaired) electrons. The standard InChI is InChI=1S/C21H35N5O2/c1-4-24(5-2)16-19-13-15-25(17-19)21(22-3)23-14-7-6-8-18-9-11-20(12-10-18)26(27)28/h9-12,19H,4-8,13-17H2,1-3H3,(H,22,23). The third-order valence-electron chi connectivity index (χ3n) is 5.53. The molecule has 1 aliphatic heterocycles. The lowest BCUT2D eigenvalue weighted by Gasteiger charge is -2.24. The maximum atomic E-state index is 10.7. The number of aliphatic imine (C=N–C) groups is 1. The number of non-ortho nitro benzene ring substituents is 1. The van der Waals surface area contributed by atoms with Crippen molar-refractivity contribution in [2.75, 3.05) is 46.3 Å². The predicted molar refractivity (Wildman–Crippen MR) is 115 cm³/mol. The number of aryl methyl sites for hydroxylation is 1. The van der Waals surface area contributed by atoms with Gasteiger partial charge in [0.1, 0.15) is 0 Å². The van der Waals surface area contributed by atoms with Gasteiger partial charge in [-0.1, -0.05) is 26.0 Å². The topological polar surface area (TPSA) is 74.0 Å². The number of likely N-dealkylation sites (tertiary alicyclic amines) is 1. The fourth-order valence-electron chi connectivity index (χ4n) is 3.79. The zero-order valence-corrected chi connectivity index (χ0v) is 17.6. The van der Waals surface area contributed by atoms with E-state index >= 15 is 0 Å². The maximum Gasteiger partial charge on any atom is 0.269 e. The van der Waals surface area contributed by atoms with Crippen molar-refractivity contribution in [2.45, 2.75) is 39.5 Å². The van der Waals surface area contributed by atoms with E-state index in [4.69, 9.17) is 0 Å². The Balaban J connectivity index is 1.66. The molecule has 0 bridgehead atoms. The van der Waals surface area contributed by atoms with E-state index in [1.807, 2.05) is 19.2 Å². The molecule has 156 valence electrons. The van der Waals surface area contributed by atoms with Crippen LogP contribution in [0.3, 0.4) is 0 Å². The van der Waals surface area contributed by atoms with Crippen molar-refractivity contribution in [3.8, 4) is 0 Å². The second-order valence-corrected chi connectivity index (χ2v) is 7.44. The van der Waals surface area contributed by atoms with Gasteiger partial charge in [0.05, 0.1) is 4.92 Å². The fourth-order valence-corrected chi connectivity index (χ4v) is 3.79. The first-order valence-electron chi connectivity index (χ1n) is 10.5. The minimum atomic E-state index is -0.357. The molecule has 0 spiro atoms. The monoisotopic (exact) mass is 389 g/mol. The number of nitrogens with zero attached hydrogens (tertiary/aromatic N) is 4. The molecular weight excluding hydrogens is 354 g/mol. The smallest absolute Gasteiger partial charge is 0.269 e. The summed E-state index contributed by atoms with van der Waals surface area (Å²) in [6.07, 6.45) is 4.27. The lowest BCUT2D eigenvalue weighted by Crippen LogP contribution is -2.41. The van der Waals surface area contributed by atoms with E-state index in [9.17, 15) is 10.1 Å². The summed E-state index contributed by atoms with van der Waals surface area (Å²) in [6, 6.07) is 6.87. The Hall–Kier alpha value is -2.15. The zero-order valence-electron chi connectivity index (χ0n) is 17.6. The molecule has 1 aliphatic rings. The van der Waals surface area contributed by atoms with Crippen LogP contribution in [0.5, 0.6) is 0 Å². The SMILES string of the molecule is CCN(CC)CC1CCN(C(=NC)NCCCCc2ccc([N+](=O)[O-])cc2)C1. The van der Waals surface area contributed by atoms with Gasteiger partial charge in [-0.3, -0.25) is 15.1 Å². The second-order valence-electron chi connectivity index (χ2n) is 7.44. The summed E-state index contributed by atoms with van der Waals surface area (Å²) in [5.74, 6) is 1.73. The number of nitrogens with one attached hydrogen (secondary N) is 1.